The number of anilines is 1. The Balaban J connectivity index is 1.96. The lowest BCUT2D eigenvalue weighted by molar-refractivity contribution is 0.331. The quantitative estimate of drug-likeness (QED) is 0.805. The third-order valence-electron chi connectivity index (χ3n) is 3.27. The maximum absolute atomic E-state index is 11.9. The summed E-state index contributed by atoms with van der Waals surface area (Å²) in [6.07, 6.45) is 2.35. The zero-order chi connectivity index (χ0) is 13.9. The topological polar surface area (TPSA) is 88.3 Å². The van der Waals surface area contributed by atoms with Gasteiger partial charge in [0.2, 0.25) is 10.0 Å². The molecule has 0 saturated carbocycles. The lowest BCUT2D eigenvalue weighted by Gasteiger charge is -2.16. The van der Waals surface area contributed by atoms with Gasteiger partial charge in [-0.25, -0.2) is 18.1 Å². The average Bonchev–Trinajstić information content (AvgIpc) is 2.78. The fraction of sp³-hybridized carbons (Fsp3) is 0.583. The molecule has 0 bridgehead atoms. The first-order valence-corrected chi connectivity index (χ1v) is 7.97. The molecular formula is C12H20N4O2S. The number of rotatable bonds is 5. The highest BCUT2D eigenvalue weighted by Gasteiger charge is 2.32. The second-order valence-electron chi connectivity index (χ2n) is 4.78. The number of nitrogens with one attached hydrogen (secondary N) is 1. The van der Waals surface area contributed by atoms with Crippen LogP contribution in [0.1, 0.15) is 18.9 Å². The molecule has 1 aromatic rings. The molecule has 3 N–H and O–H groups in total. The van der Waals surface area contributed by atoms with Crippen LogP contribution in [0.15, 0.2) is 18.3 Å². The zero-order valence-corrected chi connectivity index (χ0v) is 11.9. The molecule has 19 heavy (non-hydrogen) atoms. The van der Waals surface area contributed by atoms with E-state index in [-0.39, 0.29) is 5.25 Å². The SMILES string of the molecule is CCNS(=O)(=O)C1CCN(Cc2ccnc(N)c2)C1. The number of likely N-dealkylation sites (tertiary alicyclic amines) is 1. The van der Waals surface area contributed by atoms with E-state index in [0.29, 0.717) is 31.9 Å². The number of nitrogens with zero attached hydrogens (tertiary/aromatic N) is 2. The molecule has 1 aliphatic heterocycles. The van der Waals surface area contributed by atoms with E-state index < -0.39 is 10.0 Å². The predicted molar refractivity (Wildman–Crippen MR) is 74.9 cm³/mol. The molecule has 106 valence electrons. The van der Waals surface area contributed by atoms with Crippen molar-refractivity contribution in [3.05, 3.63) is 23.9 Å². The lowest BCUT2D eigenvalue weighted by Crippen LogP contribution is -2.36. The second kappa shape index (κ2) is 5.85. The number of sulfonamides is 1. The van der Waals surface area contributed by atoms with E-state index in [2.05, 4.69) is 14.6 Å². The summed E-state index contributed by atoms with van der Waals surface area (Å²) in [5, 5.41) is -0.313. The van der Waals surface area contributed by atoms with Crippen molar-refractivity contribution in [2.45, 2.75) is 25.1 Å². The Morgan fingerprint density at radius 3 is 3.05 bits per heavy atom. The molecule has 2 rings (SSSR count). The molecular weight excluding hydrogens is 264 g/mol. The maximum Gasteiger partial charge on any atom is 0.215 e. The molecule has 1 saturated heterocycles. The summed E-state index contributed by atoms with van der Waals surface area (Å²) in [5.74, 6) is 0.494. The molecule has 0 spiro atoms. The van der Waals surface area contributed by atoms with Crippen LogP contribution < -0.4 is 10.5 Å². The van der Waals surface area contributed by atoms with Crippen molar-refractivity contribution in [3.63, 3.8) is 0 Å². The Kier molecular flexibility index (Phi) is 4.38. The first-order valence-electron chi connectivity index (χ1n) is 6.42. The fourth-order valence-corrected chi connectivity index (χ4v) is 3.82. The molecule has 1 atom stereocenters. The van der Waals surface area contributed by atoms with Gasteiger partial charge in [-0.15, -0.1) is 0 Å². The smallest absolute Gasteiger partial charge is 0.215 e. The van der Waals surface area contributed by atoms with Crippen molar-refractivity contribution in [1.82, 2.24) is 14.6 Å². The summed E-state index contributed by atoms with van der Waals surface area (Å²) in [6.45, 7) is 4.31. The molecule has 1 aromatic heterocycles. The van der Waals surface area contributed by atoms with Gasteiger partial charge in [0.05, 0.1) is 5.25 Å². The number of hydrogen-bond acceptors (Lipinski definition) is 5. The molecule has 0 aromatic carbocycles. The molecule has 0 radical (unpaired) electrons. The van der Waals surface area contributed by atoms with Crippen LogP contribution in [0.4, 0.5) is 5.82 Å². The minimum atomic E-state index is -3.17. The Bertz CT molecular complexity index is 532. The average molecular weight is 284 g/mol. The predicted octanol–water partition coefficient (Wildman–Crippen LogP) is 0.177. The van der Waals surface area contributed by atoms with Crippen LogP contribution in [0, 0.1) is 0 Å². The summed E-state index contributed by atoms with van der Waals surface area (Å²) in [5.41, 5.74) is 6.70. The van der Waals surface area contributed by atoms with Crippen molar-refractivity contribution in [1.29, 1.82) is 0 Å². The number of hydrogen-bond donors (Lipinski definition) is 2. The van der Waals surface area contributed by atoms with Crippen LogP contribution in [-0.2, 0) is 16.6 Å². The van der Waals surface area contributed by atoms with Gasteiger partial charge in [0.25, 0.3) is 0 Å². The molecule has 6 nitrogen and oxygen atoms in total. The number of nitrogen functional groups attached to an aromatic ring is 1. The Morgan fingerprint density at radius 2 is 2.37 bits per heavy atom. The van der Waals surface area contributed by atoms with E-state index in [1.165, 1.54) is 0 Å². The van der Waals surface area contributed by atoms with E-state index in [1.807, 2.05) is 12.1 Å². The molecule has 1 fully saturated rings. The van der Waals surface area contributed by atoms with Crippen molar-refractivity contribution >= 4 is 15.8 Å². The van der Waals surface area contributed by atoms with Gasteiger partial charge in [0.15, 0.2) is 0 Å². The maximum atomic E-state index is 11.9. The second-order valence-corrected chi connectivity index (χ2v) is 6.82. The standard InChI is InChI=1S/C12H20N4O2S/c1-2-15-19(17,18)11-4-6-16(9-11)8-10-3-5-14-12(13)7-10/h3,5,7,11,15H,2,4,6,8-9H2,1H3,(H2,13,14). The fourth-order valence-electron chi connectivity index (χ4n) is 2.36. The summed E-state index contributed by atoms with van der Waals surface area (Å²) in [4.78, 5) is 6.08. The summed E-state index contributed by atoms with van der Waals surface area (Å²) in [6, 6.07) is 3.73. The number of pyridine rings is 1. The van der Waals surface area contributed by atoms with Gasteiger partial charge < -0.3 is 5.73 Å². The van der Waals surface area contributed by atoms with Gasteiger partial charge in [0, 0.05) is 25.8 Å². The van der Waals surface area contributed by atoms with Crippen LogP contribution >= 0.6 is 0 Å². The van der Waals surface area contributed by atoms with Crippen LogP contribution in [0.3, 0.4) is 0 Å². The minimum Gasteiger partial charge on any atom is -0.384 e. The van der Waals surface area contributed by atoms with Crippen LogP contribution in [-0.4, -0.2) is 43.2 Å². The van der Waals surface area contributed by atoms with E-state index in [1.54, 1.807) is 13.1 Å². The Morgan fingerprint density at radius 1 is 1.58 bits per heavy atom. The van der Waals surface area contributed by atoms with Gasteiger partial charge in [-0.1, -0.05) is 6.92 Å². The van der Waals surface area contributed by atoms with E-state index >= 15 is 0 Å². The molecule has 2 heterocycles. The number of nitrogens with two attached hydrogens (primary N) is 1. The normalized spacial score (nSPS) is 20.8. The highest BCUT2D eigenvalue weighted by atomic mass is 32.2. The summed E-state index contributed by atoms with van der Waals surface area (Å²) < 4.78 is 26.4. The Labute approximate surface area is 114 Å². The van der Waals surface area contributed by atoms with Gasteiger partial charge >= 0.3 is 0 Å². The van der Waals surface area contributed by atoms with E-state index in [0.717, 1.165) is 12.1 Å². The molecule has 1 aliphatic rings. The molecule has 1 unspecified atom stereocenters. The van der Waals surface area contributed by atoms with Crippen molar-refractivity contribution in [2.24, 2.45) is 0 Å². The van der Waals surface area contributed by atoms with Crippen LogP contribution in [0.5, 0.6) is 0 Å². The minimum absolute atomic E-state index is 0.313. The van der Waals surface area contributed by atoms with Gasteiger partial charge in [-0.05, 0) is 30.7 Å². The first-order chi connectivity index (χ1) is 9.01. The highest BCUT2D eigenvalue weighted by Crippen LogP contribution is 2.18. The van der Waals surface area contributed by atoms with Gasteiger partial charge in [0.1, 0.15) is 5.82 Å². The molecule has 7 heteroatoms. The van der Waals surface area contributed by atoms with Gasteiger partial charge in [-0.2, -0.15) is 0 Å². The Hall–Kier alpha value is -1.18. The number of aromatic nitrogens is 1. The largest absolute Gasteiger partial charge is 0.384 e. The van der Waals surface area contributed by atoms with Crippen LogP contribution in [0.25, 0.3) is 0 Å². The van der Waals surface area contributed by atoms with Crippen molar-refractivity contribution < 1.29 is 8.42 Å². The third-order valence-corrected chi connectivity index (χ3v) is 5.22. The van der Waals surface area contributed by atoms with E-state index in [9.17, 15) is 8.42 Å². The lowest BCUT2D eigenvalue weighted by atomic mass is 10.2. The zero-order valence-electron chi connectivity index (χ0n) is 11.0. The monoisotopic (exact) mass is 284 g/mol. The summed E-state index contributed by atoms with van der Waals surface area (Å²) >= 11 is 0. The first kappa shape index (κ1) is 14.2. The molecule has 0 aliphatic carbocycles. The van der Waals surface area contributed by atoms with Crippen LogP contribution in [0.2, 0.25) is 0 Å². The highest BCUT2D eigenvalue weighted by molar-refractivity contribution is 7.90. The van der Waals surface area contributed by atoms with Crippen molar-refractivity contribution in [3.8, 4) is 0 Å². The molecule has 0 amide bonds. The summed E-state index contributed by atoms with van der Waals surface area (Å²) in [7, 11) is -3.17. The van der Waals surface area contributed by atoms with E-state index in [4.69, 9.17) is 5.73 Å². The third kappa shape index (κ3) is 3.65. The van der Waals surface area contributed by atoms with Crippen molar-refractivity contribution in [2.75, 3.05) is 25.4 Å². The van der Waals surface area contributed by atoms with Gasteiger partial charge in [-0.3, -0.25) is 4.90 Å².